The second kappa shape index (κ2) is 7.41. The van der Waals surface area contributed by atoms with Gasteiger partial charge in [0.15, 0.2) is 5.76 Å². The van der Waals surface area contributed by atoms with E-state index in [0.717, 1.165) is 31.2 Å². The number of aryl methyl sites for hydroxylation is 1. The van der Waals surface area contributed by atoms with Crippen LogP contribution in [-0.2, 0) is 10.0 Å². The quantitative estimate of drug-likeness (QED) is 0.904. The molecular weight excluding hydrogens is 340 g/mol. The first kappa shape index (κ1) is 17.7. The van der Waals surface area contributed by atoms with Gasteiger partial charge in [0.2, 0.25) is 10.0 Å². The van der Waals surface area contributed by atoms with E-state index in [1.807, 2.05) is 6.92 Å². The lowest BCUT2D eigenvalue weighted by molar-refractivity contribution is 0.0996. The molecule has 0 radical (unpaired) electrons. The second-order valence-corrected chi connectivity index (χ2v) is 8.23. The lowest BCUT2D eigenvalue weighted by Gasteiger charge is -2.20. The van der Waals surface area contributed by atoms with Gasteiger partial charge in [-0.2, -0.15) is 4.31 Å². The van der Waals surface area contributed by atoms with Crippen LogP contribution in [-0.4, -0.2) is 31.7 Å². The summed E-state index contributed by atoms with van der Waals surface area (Å²) in [5, 5.41) is 2.68. The fourth-order valence-corrected chi connectivity index (χ4v) is 4.47. The van der Waals surface area contributed by atoms with Gasteiger partial charge in [0.05, 0.1) is 11.2 Å². The highest BCUT2D eigenvalue weighted by atomic mass is 32.2. The first-order valence-electron chi connectivity index (χ1n) is 8.43. The molecular formula is C18H22N2O4S. The Kier molecular flexibility index (Phi) is 5.24. The van der Waals surface area contributed by atoms with Crippen LogP contribution < -0.4 is 5.32 Å². The lowest BCUT2D eigenvalue weighted by Crippen LogP contribution is -2.32. The Bertz CT molecular complexity index is 849. The summed E-state index contributed by atoms with van der Waals surface area (Å²) >= 11 is 0. The van der Waals surface area contributed by atoms with Crippen molar-refractivity contribution in [3.63, 3.8) is 0 Å². The molecule has 1 N–H and O–H groups in total. The van der Waals surface area contributed by atoms with Crippen molar-refractivity contribution in [1.29, 1.82) is 0 Å². The Morgan fingerprint density at radius 2 is 1.84 bits per heavy atom. The summed E-state index contributed by atoms with van der Waals surface area (Å²) in [7, 11) is -3.55. The van der Waals surface area contributed by atoms with Crippen molar-refractivity contribution >= 4 is 21.6 Å². The number of anilines is 1. The summed E-state index contributed by atoms with van der Waals surface area (Å²) in [5.74, 6) is -0.212. The fraction of sp³-hybridized carbons (Fsp3) is 0.389. The van der Waals surface area contributed by atoms with Gasteiger partial charge in [-0.25, -0.2) is 8.42 Å². The standard InChI is InChI=1S/C18H22N2O4S/c1-14-11-17(24-13-14)18(21)19-15-7-6-8-16(12-15)25(22,23)20-9-4-2-3-5-10-20/h6-8,11-13H,2-5,9-10H2,1H3,(H,19,21). The van der Waals surface area contributed by atoms with E-state index in [4.69, 9.17) is 4.42 Å². The SMILES string of the molecule is Cc1coc(C(=O)Nc2cccc(S(=O)(=O)N3CCCCCC3)c2)c1. The first-order chi connectivity index (χ1) is 12.0. The molecule has 134 valence electrons. The predicted octanol–water partition coefficient (Wildman–Crippen LogP) is 3.41. The molecule has 1 amide bonds. The maximum Gasteiger partial charge on any atom is 0.291 e. The van der Waals surface area contributed by atoms with Crippen LogP contribution in [0, 0.1) is 6.92 Å². The van der Waals surface area contributed by atoms with E-state index in [0.29, 0.717) is 18.8 Å². The van der Waals surface area contributed by atoms with Crippen molar-refractivity contribution in [1.82, 2.24) is 4.31 Å². The van der Waals surface area contributed by atoms with Crippen LogP contribution in [0.3, 0.4) is 0 Å². The van der Waals surface area contributed by atoms with Gasteiger partial charge in [0.25, 0.3) is 5.91 Å². The number of sulfonamides is 1. The molecule has 2 aromatic rings. The fourth-order valence-electron chi connectivity index (χ4n) is 2.91. The maximum absolute atomic E-state index is 12.8. The number of nitrogens with one attached hydrogen (secondary N) is 1. The zero-order valence-electron chi connectivity index (χ0n) is 14.2. The monoisotopic (exact) mass is 362 g/mol. The van der Waals surface area contributed by atoms with Crippen molar-refractivity contribution in [3.8, 4) is 0 Å². The highest BCUT2D eigenvalue weighted by molar-refractivity contribution is 7.89. The van der Waals surface area contributed by atoms with E-state index < -0.39 is 15.9 Å². The number of benzene rings is 1. The maximum atomic E-state index is 12.8. The topological polar surface area (TPSA) is 79.6 Å². The van der Waals surface area contributed by atoms with Crippen LogP contribution in [0.2, 0.25) is 0 Å². The van der Waals surface area contributed by atoms with Gasteiger partial charge in [-0.1, -0.05) is 18.9 Å². The highest BCUT2D eigenvalue weighted by Gasteiger charge is 2.25. The van der Waals surface area contributed by atoms with Gasteiger partial charge < -0.3 is 9.73 Å². The molecule has 0 saturated carbocycles. The third-order valence-electron chi connectivity index (χ3n) is 4.25. The number of nitrogens with zero attached hydrogens (tertiary/aromatic N) is 1. The number of carbonyl (C=O) groups excluding carboxylic acids is 1. The van der Waals surface area contributed by atoms with E-state index in [-0.39, 0.29) is 10.7 Å². The highest BCUT2D eigenvalue weighted by Crippen LogP contribution is 2.23. The summed E-state index contributed by atoms with van der Waals surface area (Å²) in [6, 6.07) is 7.98. The van der Waals surface area contributed by atoms with Crippen molar-refractivity contribution in [2.24, 2.45) is 0 Å². The van der Waals surface area contributed by atoms with Crippen LogP contribution in [0.15, 0.2) is 45.9 Å². The van der Waals surface area contributed by atoms with Crippen molar-refractivity contribution < 1.29 is 17.6 Å². The number of hydrogen-bond acceptors (Lipinski definition) is 4. The zero-order chi connectivity index (χ0) is 17.9. The molecule has 0 unspecified atom stereocenters. The molecule has 0 spiro atoms. The molecule has 1 aliphatic heterocycles. The van der Waals surface area contributed by atoms with Crippen LogP contribution in [0.25, 0.3) is 0 Å². The van der Waals surface area contributed by atoms with Crippen LogP contribution in [0.1, 0.15) is 41.8 Å². The number of hydrogen-bond donors (Lipinski definition) is 1. The zero-order valence-corrected chi connectivity index (χ0v) is 15.0. The smallest absolute Gasteiger partial charge is 0.291 e. The molecule has 0 aliphatic carbocycles. The largest absolute Gasteiger partial charge is 0.459 e. The van der Waals surface area contributed by atoms with E-state index in [1.165, 1.54) is 16.6 Å². The van der Waals surface area contributed by atoms with Gasteiger partial charge in [0, 0.05) is 18.8 Å². The number of furan rings is 1. The van der Waals surface area contributed by atoms with Gasteiger partial charge in [-0.15, -0.1) is 0 Å². The van der Waals surface area contributed by atoms with Gasteiger partial charge in [-0.05, 0) is 49.6 Å². The van der Waals surface area contributed by atoms with E-state index in [2.05, 4.69) is 5.32 Å². The molecule has 0 atom stereocenters. The summed E-state index contributed by atoms with van der Waals surface area (Å²) in [5.41, 5.74) is 1.28. The molecule has 1 aromatic carbocycles. The Hall–Kier alpha value is -2.12. The average Bonchev–Trinajstić information content (AvgIpc) is 2.85. The van der Waals surface area contributed by atoms with Crippen molar-refractivity contribution in [3.05, 3.63) is 47.9 Å². The average molecular weight is 362 g/mol. The Balaban J connectivity index is 1.79. The molecule has 1 saturated heterocycles. The molecule has 25 heavy (non-hydrogen) atoms. The summed E-state index contributed by atoms with van der Waals surface area (Å²) in [6.45, 7) is 2.92. The van der Waals surface area contributed by atoms with E-state index in [9.17, 15) is 13.2 Å². The van der Waals surface area contributed by atoms with E-state index in [1.54, 1.807) is 24.3 Å². The molecule has 1 aromatic heterocycles. The van der Waals surface area contributed by atoms with Gasteiger partial charge in [-0.3, -0.25) is 4.79 Å². The molecule has 3 rings (SSSR count). The molecule has 1 fully saturated rings. The minimum Gasteiger partial charge on any atom is -0.459 e. The van der Waals surface area contributed by atoms with Crippen LogP contribution >= 0.6 is 0 Å². The third kappa shape index (κ3) is 4.11. The summed E-state index contributed by atoms with van der Waals surface area (Å²) in [4.78, 5) is 12.4. The molecule has 0 bridgehead atoms. The minimum atomic E-state index is -3.55. The van der Waals surface area contributed by atoms with Crippen LogP contribution in [0.4, 0.5) is 5.69 Å². The third-order valence-corrected chi connectivity index (χ3v) is 6.14. The molecule has 2 heterocycles. The van der Waals surface area contributed by atoms with Crippen LogP contribution in [0.5, 0.6) is 0 Å². The number of amides is 1. The van der Waals surface area contributed by atoms with Crippen molar-refractivity contribution in [2.45, 2.75) is 37.5 Å². The second-order valence-electron chi connectivity index (χ2n) is 6.29. The summed E-state index contributed by atoms with van der Waals surface area (Å²) in [6.07, 6.45) is 5.38. The van der Waals surface area contributed by atoms with Gasteiger partial charge in [0.1, 0.15) is 0 Å². The van der Waals surface area contributed by atoms with Crippen molar-refractivity contribution in [2.75, 3.05) is 18.4 Å². The van der Waals surface area contributed by atoms with Gasteiger partial charge >= 0.3 is 0 Å². The Morgan fingerprint density at radius 3 is 2.48 bits per heavy atom. The molecule has 7 heteroatoms. The van der Waals surface area contributed by atoms with E-state index >= 15 is 0 Å². The Labute approximate surface area is 147 Å². The number of carbonyl (C=O) groups is 1. The lowest BCUT2D eigenvalue weighted by atomic mass is 10.2. The summed E-state index contributed by atoms with van der Waals surface area (Å²) < 4.78 is 32.4. The normalized spacial score (nSPS) is 16.4. The minimum absolute atomic E-state index is 0.193. The first-order valence-corrected chi connectivity index (χ1v) is 9.87. The molecule has 6 nitrogen and oxygen atoms in total. The Morgan fingerprint density at radius 1 is 1.12 bits per heavy atom. The predicted molar refractivity (Wildman–Crippen MR) is 95.1 cm³/mol. The molecule has 1 aliphatic rings. The number of rotatable bonds is 4.